The van der Waals surface area contributed by atoms with Crippen molar-refractivity contribution in [1.29, 1.82) is 0 Å². The van der Waals surface area contributed by atoms with Crippen molar-refractivity contribution >= 4 is 38.6 Å². The zero-order valence-electron chi connectivity index (χ0n) is 19.8. The summed E-state index contributed by atoms with van der Waals surface area (Å²) in [6.07, 6.45) is 1.71. The minimum atomic E-state index is -0.449. The number of halogens is 1. The van der Waals surface area contributed by atoms with Crippen molar-refractivity contribution in [1.82, 2.24) is 25.2 Å². The first-order valence-electron chi connectivity index (χ1n) is 11.7. The first-order chi connectivity index (χ1) is 17.5. The van der Waals surface area contributed by atoms with Crippen LogP contribution in [-0.2, 0) is 11.2 Å². The van der Waals surface area contributed by atoms with Crippen molar-refractivity contribution in [2.24, 2.45) is 0 Å². The van der Waals surface area contributed by atoms with Gasteiger partial charge >= 0.3 is 6.03 Å². The Morgan fingerprint density at radius 1 is 1.25 bits per heavy atom. The SMILES string of the molecule is COc1cnc2c(-c3nc4cc(F)c5c(c4s3)C[C@@H](CNC(=O)N3CCOCC3)O5)cc(C)cc2n1. The van der Waals surface area contributed by atoms with Crippen molar-refractivity contribution in [2.75, 3.05) is 40.0 Å². The first-order valence-corrected chi connectivity index (χ1v) is 12.5. The number of fused-ring (bicyclic) bond motifs is 4. The fourth-order valence-electron chi connectivity index (χ4n) is 4.65. The minimum absolute atomic E-state index is 0.160. The smallest absolute Gasteiger partial charge is 0.317 e. The molecule has 0 saturated carbocycles. The second-order valence-corrected chi connectivity index (χ2v) is 9.85. The lowest BCUT2D eigenvalue weighted by atomic mass is 10.1. The van der Waals surface area contributed by atoms with E-state index < -0.39 is 5.82 Å². The maximum Gasteiger partial charge on any atom is 0.317 e. The van der Waals surface area contributed by atoms with Crippen LogP contribution in [0.25, 0.3) is 31.8 Å². The first kappa shape index (κ1) is 22.9. The fraction of sp³-hybridized carbons (Fsp3) is 0.360. The van der Waals surface area contributed by atoms with Gasteiger partial charge in [0.15, 0.2) is 11.6 Å². The number of nitrogens with zero attached hydrogens (tertiary/aromatic N) is 4. The van der Waals surface area contributed by atoms with E-state index >= 15 is 0 Å². The summed E-state index contributed by atoms with van der Waals surface area (Å²) in [6, 6.07) is 5.21. The molecule has 0 aliphatic carbocycles. The molecule has 1 fully saturated rings. The number of nitrogens with one attached hydrogen (secondary N) is 1. The van der Waals surface area contributed by atoms with Crippen LogP contribution in [0, 0.1) is 12.7 Å². The number of benzene rings is 2. The number of ether oxygens (including phenoxy) is 3. The molecule has 9 nitrogen and oxygen atoms in total. The quantitative estimate of drug-likeness (QED) is 0.448. The molecule has 2 amide bonds. The van der Waals surface area contributed by atoms with E-state index in [4.69, 9.17) is 19.2 Å². The molecular weight excluding hydrogens is 485 g/mol. The molecule has 6 rings (SSSR count). The van der Waals surface area contributed by atoms with Crippen LogP contribution in [0.3, 0.4) is 0 Å². The minimum Gasteiger partial charge on any atom is -0.485 e. The van der Waals surface area contributed by atoms with Crippen molar-refractivity contribution in [3.8, 4) is 22.2 Å². The average Bonchev–Trinajstić information content (AvgIpc) is 3.51. The Morgan fingerprint density at radius 3 is 2.89 bits per heavy atom. The lowest BCUT2D eigenvalue weighted by Crippen LogP contribution is -2.48. The van der Waals surface area contributed by atoms with Crippen LogP contribution in [0.15, 0.2) is 24.4 Å². The summed E-state index contributed by atoms with van der Waals surface area (Å²) in [5.41, 5.74) is 4.61. The Morgan fingerprint density at radius 2 is 2.08 bits per heavy atom. The number of thiazole rings is 1. The molecule has 0 bridgehead atoms. The van der Waals surface area contributed by atoms with Gasteiger partial charge in [-0.05, 0) is 24.6 Å². The lowest BCUT2D eigenvalue weighted by molar-refractivity contribution is 0.0526. The molecule has 36 heavy (non-hydrogen) atoms. The summed E-state index contributed by atoms with van der Waals surface area (Å²) in [5.74, 6) is 0.226. The highest BCUT2D eigenvalue weighted by atomic mass is 32.1. The van der Waals surface area contributed by atoms with Gasteiger partial charge in [-0.25, -0.2) is 24.1 Å². The van der Waals surface area contributed by atoms with Gasteiger partial charge in [0.25, 0.3) is 0 Å². The maximum atomic E-state index is 15.0. The van der Waals surface area contributed by atoms with E-state index in [1.807, 2.05) is 19.1 Å². The molecule has 4 heterocycles. The molecule has 1 atom stereocenters. The van der Waals surface area contributed by atoms with Gasteiger partial charge in [0.05, 0.1) is 54.3 Å². The fourth-order valence-corrected chi connectivity index (χ4v) is 5.76. The lowest BCUT2D eigenvalue weighted by Gasteiger charge is -2.27. The van der Waals surface area contributed by atoms with Crippen LogP contribution in [0.4, 0.5) is 9.18 Å². The van der Waals surface area contributed by atoms with Gasteiger partial charge in [-0.3, -0.25) is 0 Å². The predicted octanol–water partition coefficient (Wildman–Crippen LogP) is 3.71. The predicted molar refractivity (Wildman–Crippen MR) is 133 cm³/mol. The number of methoxy groups -OCH3 is 1. The van der Waals surface area contributed by atoms with Crippen molar-refractivity contribution in [3.05, 3.63) is 41.3 Å². The van der Waals surface area contributed by atoms with Gasteiger partial charge < -0.3 is 24.4 Å². The van der Waals surface area contributed by atoms with Crippen molar-refractivity contribution in [3.63, 3.8) is 0 Å². The second-order valence-electron chi connectivity index (χ2n) is 8.86. The standard InChI is InChI=1S/C25H24FN5O4S/c1-13-7-15(21-18(8-13)29-20(33-2)12-27-21)24-30-19-10-17(26)22-16(23(19)36-24)9-14(35-22)11-28-25(32)31-3-5-34-6-4-31/h7-8,10,12,14H,3-6,9,11H2,1-2H3,(H,28,32)/t14-/m0/s1. The van der Waals surface area contributed by atoms with Crippen LogP contribution < -0.4 is 14.8 Å². The third kappa shape index (κ3) is 4.07. The molecule has 1 saturated heterocycles. The Kier molecular flexibility index (Phi) is 5.81. The zero-order chi connectivity index (χ0) is 24.8. The van der Waals surface area contributed by atoms with Crippen LogP contribution in [-0.4, -0.2) is 71.9 Å². The van der Waals surface area contributed by atoms with Crippen LogP contribution in [0.5, 0.6) is 11.6 Å². The van der Waals surface area contributed by atoms with Gasteiger partial charge in [-0.2, -0.15) is 0 Å². The molecule has 2 aliphatic rings. The topological polar surface area (TPSA) is 98.7 Å². The summed E-state index contributed by atoms with van der Waals surface area (Å²) in [4.78, 5) is 28.0. The second kappa shape index (κ2) is 9.14. The largest absolute Gasteiger partial charge is 0.485 e. The number of carbonyl (C=O) groups excluding carboxylic acids is 1. The van der Waals surface area contributed by atoms with E-state index in [9.17, 15) is 9.18 Å². The summed E-state index contributed by atoms with van der Waals surface area (Å²) in [7, 11) is 1.55. The van der Waals surface area contributed by atoms with E-state index in [1.165, 1.54) is 17.4 Å². The average molecular weight is 510 g/mol. The van der Waals surface area contributed by atoms with Crippen molar-refractivity contribution < 1.29 is 23.4 Å². The molecule has 186 valence electrons. The van der Waals surface area contributed by atoms with Crippen molar-refractivity contribution in [2.45, 2.75) is 19.4 Å². The van der Waals surface area contributed by atoms with Gasteiger partial charge in [0.2, 0.25) is 5.88 Å². The van der Waals surface area contributed by atoms with Gasteiger partial charge in [-0.15, -0.1) is 11.3 Å². The summed E-state index contributed by atoms with van der Waals surface area (Å²) in [5, 5.41) is 3.64. The molecule has 11 heteroatoms. The van der Waals surface area contributed by atoms with E-state index in [0.29, 0.717) is 55.2 Å². The maximum absolute atomic E-state index is 15.0. The normalized spacial score (nSPS) is 17.3. The summed E-state index contributed by atoms with van der Waals surface area (Å²) >= 11 is 1.48. The number of urea groups is 1. The highest BCUT2D eigenvalue weighted by Gasteiger charge is 2.31. The van der Waals surface area contributed by atoms with Crippen LogP contribution >= 0.6 is 11.3 Å². The summed E-state index contributed by atoms with van der Waals surface area (Å²) in [6.45, 7) is 4.45. The highest BCUT2D eigenvalue weighted by molar-refractivity contribution is 7.22. The Bertz CT molecular complexity index is 1490. The van der Waals surface area contributed by atoms with Gasteiger partial charge in [-0.1, -0.05) is 0 Å². The molecular formula is C25H24FN5O4S. The Hall–Kier alpha value is -3.57. The molecule has 0 spiro atoms. The molecule has 2 aromatic carbocycles. The third-order valence-corrected chi connectivity index (χ3v) is 7.55. The number of morpholine rings is 1. The van der Waals surface area contributed by atoms with Gasteiger partial charge in [0.1, 0.15) is 11.1 Å². The van der Waals surface area contributed by atoms with Gasteiger partial charge in [0, 0.05) is 36.7 Å². The number of aryl methyl sites for hydroxylation is 1. The number of rotatable bonds is 4. The number of hydrogen-bond donors (Lipinski definition) is 1. The molecule has 4 aromatic rings. The summed E-state index contributed by atoms with van der Waals surface area (Å²) < 4.78 is 32.3. The zero-order valence-corrected chi connectivity index (χ0v) is 20.7. The third-order valence-electron chi connectivity index (χ3n) is 6.39. The Balaban J connectivity index is 1.29. The van der Waals surface area contributed by atoms with E-state index in [0.717, 1.165) is 26.4 Å². The van der Waals surface area contributed by atoms with E-state index in [2.05, 4.69) is 15.3 Å². The van der Waals surface area contributed by atoms with Crippen LogP contribution in [0.1, 0.15) is 11.1 Å². The number of hydrogen-bond acceptors (Lipinski definition) is 8. The number of carbonyl (C=O) groups is 1. The van der Waals surface area contributed by atoms with E-state index in [-0.39, 0.29) is 24.4 Å². The number of amides is 2. The molecule has 0 radical (unpaired) electrons. The van der Waals surface area contributed by atoms with Crippen LogP contribution in [0.2, 0.25) is 0 Å². The molecule has 0 unspecified atom stereocenters. The Labute approximate surface area is 210 Å². The highest BCUT2D eigenvalue weighted by Crippen LogP contribution is 2.43. The molecule has 2 aromatic heterocycles. The monoisotopic (exact) mass is 509 g/mol. The number of aromatic nitrogens is 3. The molecule has 2 aliphatic heterocycles. The molecule has 1 N–H and O–H groups in total. The van der Waals surface area contributed by atoms with E-state index in [1.54, 1.807) is 18.2 Å².